The van der Waals surface area contributed by atoms with Crippen LogP contribution in [0.1, 0.15) is 17.4 Å². The van der Waals surface area contributed by atoms with Crippen molar-refractivity contribution in [1.82, 2.24) is 0 Å². The Kier molecular flexibility index (Phi) is 4.09. The highest BCUT2D eigenvalue weighted by molar-refractivity contribution is 7.15. The van der Waals surface area contributed by atoms with Crippen molar-refractivity contribution in [2.45, 2.75) is 24.7 Å². The van der Waals surface area contributed by atoms with Gasteiger partial charge in [-0.15, -0.1) is 11.3 Å². The first-order chi connectivity index (χ1) is 12.1. The van der Waals surface area contributed by atoms with E-state index in [1.54, 1.807) is 30.3 Å². The average Bonchev–Trinajstić information content (AvgIpc) is 3.24. The molecule has 0 radical (unpaired) electrons. The minimum absolute atomic E-state index is 0.122. The van der Waals surface area contributed by atoms with E-state index in [0.29, 0.717) is 22.3 Å². The Morgan fingerprint density at radius 3 is 2.76 bits per heavy atom. The molecule has 1 aliphatic heterocycles. The minimum atomic E-state index is -0.715. The van der Waals surface area contributed by atoms with Gasteiger partial charge in [-0.1, -0.05) is 12.1 Å². The van der Waals surface area contributed by atoms with Crippen LogP contribution in [0.2, 0.25) is 0 Å². The van der Waals surface area contributed by atoms with E-state index < -0.39 is 23.4 Å². The molecule has 3 atom stereocenters. The lowest BCUT2D eigenvalue weighted by atomic mass is 10.1. The second-order valence-corrected chi connectivity index (χ2v) is 7.07. The number of rotatable bonds is 3. The number of aromatic hydroxyl groups is 1. The van der Waals surface area contributed by atoms with Crippen molar-refractivity contribution in [3.8, 4) is 16.4 Å². The zero-order valence-corrected chi connectivity index (χ0v) is 13.9. The van der Waals surface area contributed by atoms with Crippen molar-refractivity contribution in [3.63, 3.8) is 0 Å². The van der Waals surface area contributed by atoms with Gasteiger partial charge in [0, 0.05) is 11.3 Å². The topological polar surface area (TPSA) is 100 Å². The first-order valence-electron chi connectivity index (χ1n) is 7.87. The number of hydrogen-bond acceptors (Lipinski definition) is 7. The molecule has 4 rings (SSSR count). The Hall–Kier alpha value is -2.19. The summed E-state index contributed by atoms with van der Waals surface area (Å²) in [5.41, 5.74) is -0.0668. The first-order valence-corrected chi connectivity index (χ1v) is 8.69. The summed E-state index contributed by atoms with van der Waals surface area (Å²) in [5.74, 6) is -0.301. The molecular formula is C18H16O6S. The van der Waals surface area contributed by atoms with E-state index in [4.69, 9.17) is 9.15 Å². The van der Waals surface area contributed by atoms with E-state index in [2.05, 4.69) is 0 Å². The van der Waals surface area contributed by atoms with Gasteiger partial charge in [-0.2, -0.15) is 0 Å². The summed E-state index contributed by atoms with van der Waals surface area (Å²) in [4.78, 5) is 13.8. The van der Waals surface area contributed by atoms with Crippen LogP contribution in [0.15, 0.2) is 45.6 Å². The largest absolute Gasteiger partial charge is 0.501 e. The zero-order valence-electron chi connectivity index (χ0n) is 13.1. The van der Waals surface area contributed by atoms with Crippen LogP contribution in [0.4, 0.5) is 0 Å². The molecule has 0 spiro atoms. The lowest BCUT2D eigenvalue weighted by Crippen LogP contribution is -2.24. The molecule has 25 heavy (non-hydrogen) atoms. The highest BCUT2D eigenvalue weighted by Gasteiger charge is 2.35. The normalized spacial score (nSPS) is 23.4. The van der Waals surface area contributed by atoms with Gasteiger partial charge in [-0.25, -0.2) is 0 Å². The lowest BCUT2D eigenvalue weighted by molar-refractivity contribution is -0.0216. The summed E-state index contributed by atoms with van der Waals surface area (Å²) < 4.78 is 11.4. The Bertz CT molecular complexity index is 975. The maximum absolute atomic E-state index is 12.3. The summed E-state index contributed by atoms with van der Waals surface area (Å²) in [5, 5.41) is 29.6. The third-order valence-electron chi connectivity index (χ3n) is 4.35. The van der Waals surface area contributed by atoms with Gasteiger partial charge < -0.3 is 24.5 Å². The molecule has 130 valence electrons. The number of hydrogen-bond donors (Lipinski definition) is 3. The third kappa shape index (κ3) is 2.75. The van der Waals surface area contributed by atoms with Crippen LogP contribution in [0.5, 0.6) is 5.75 Å². The SMILES string of the molecule is O=c1c(O)c(-c2ccc([C@H]3C[C@H](O)[C@@H](CO)O3)s2)oc2ccccc12. The smallest absolute Gasteiger partial charge is 0.235 e. The van der Waals surface area contributed by atoms with Gasteiger partial charge >= 0.3 is 0 Å². The number of fused-ring (bicyclic) bond motifs is 1. The van der Waals surface area contributed by atoms with E-state index >= 15 is 0 Å². The number of benzene rings is 1. The molecular weight excluding hydrogens is 344 g/mol. The van der Waals surface area contributed by atoms with Crippen LogP contribution in [0.3, 0.4) is 0 Å². The molecule has 0 amide bonds. The molecule has 0 unspecified atom stereocenters. The monoisotopic (exact) mass is 360 g/mol. The number of aliphatic hydroxyl groups excluding tert-OH is 2. The maximum atomic E-state index is 12.3. The Labute approximate surface area is 146 Å². The van der Waals surface area contributed by atoms with Gasteiger partial charge in [0.05, 0.1) is 29.1 Å². The van der Waals surface area contributed by atoms with Crippen molar-refractivity contribution in [2.24, 2.45) is 0 Å². The molecule has 0 aliphatic carbocycles. The predicted octanol–water partition coefficient (Wildman–Crippen LogP) is 2.41. The van der Waals surface area contributed by atoms with Crippen LogP contribution in [-0.4, -0.2) is 34.1 Å². The van der Waals surface area contributed by atoms with Crippen molar-refractivity contribution in [3.05, 3.63) is 51.5 Å². The molecule has 1 aromatic carbocycles. The molecule has 1 fully saturated rings. The van der Waals surface area contributed by atoms with Crippen molar-refractivity contribution >= 4 is 22.3 Å². The molecule has 7 heteroatoms. The molecule has 0 bridgehead atoms. The Balaban J connectivity index is 1.72. The van der Waals surface area contributed by atoms with E-state index in [1.807, 2.05) is 6.07 Å². The molecule has 0 saturated carbocycles. The summed E-state index contributed by atoms with van der Waals surface area (Å²) >= 11 is 1.32. The molecule has 3 N–H and O–H groups in total. The van der Waals surface area contributed by atoms with Crippen molar-refractivity contribution in [2.75, 3.05) is 6.61 Å². The average molecular weight is 360 g/mol. The highest BCUT2D eigenvalue weighted by atomic mass is 32.1. The standard InChI is InChI=1S/C18H16O6S/c19-8-13-10(20)7-12(23-13)14-5-6-15(25-14)18-17(22)16(21)9-3-1-2-4-11(9)24-18/h1-6,10,12-13,19-20,22H,7-8H2/t10-,12+,13+/m0/s1. The molecule has 1 saturated heterocycles. The second-order valence-electron chi connectivity index (χ2n) is 5.96. The fraction of sp³-hybridized carbons (Fsp3) is 0.278. The summed E-state index contributed by atoms with van der Waals surface area (Å²) in [6.45, 7) is -0.240. The second kappa shape index (κ2) is 6.27. The fourth-order valence-corrected chi connectivity index (χ4v) is 4.06. The van der Waals surface area contributed by atoms with Gasteiger partial charge in [0.1, 0.15) is 11.7 Å². The minimum Gasteiger partial charge on any atom is -0.501 e. The van der Waals surface area contributed by atoms with Gasteiger partial charge in [-0.05, 0) is 24.3 Å². The molecule has 3 aromatic rings. The van der Waals surface area contributed by atoms with Crippen LogP contribution in [0.25, 0.3) is 21.6 Å². The Morgan fingerprint density at radius 2 is 2.00 bits per heavy atom. The first kappa shape index (κ1) is 16.3. The third-order valence-corrected chi connectivity index (χ3v) is 5.52. The van der Waals surface area contributed by atoms with Crippen molar-refractivity contribution in [1.29, 1.82) is 0 Å². The van der Waals surface area contributed by atoms with Gasteiger partial charge in [0.2, 0.25) is 11.2 Å². The van der Waals surface area contributed by atoms with Gasteiger partial charge in [0.15, 0.2) is 5.76 Å². The van der Waals surface area contributed by atoms with E-state index in [0.717, 1.165) is 4.88 Å². The van der Waals surface area contributed by atoms with E-state index in [1.165, 1.54) is 11.3 Å². The number of ether oxygens (including phenoxy) is 1. The fourth-order valence-electron chi connectivity index (χ4n) is 3.02. The Morgan fingerprint density at radius 1 is 1.20 bits per heavy atom. The lowest BCUT2D eigenvalue weighted by Gasteiger charge is -2.10. The van der Waals surface area contributed by atoms with Crippen LogP contribution < -0.4 is 5.43 Å². The molecule has 1 aliphatic rings. The highest BCUT2D eigenvalue weighted by Crippen LogP contribution is 2.41. The number of para-hydroxylation sites is 1. The number of aliphatic hydroxyl groups is 2. The van der Waals surface area contributed by atoms with E-state index in [9.17, 15) is 20.1 Å². The summed E-state index contributed by atoms with van der Waals surface area (Å²) in [7, 11) is 0. The van der Waals surface area contributed by atoms with Crippen LogP contribution >= 0.6 is 11.3 Å². The summed E-state index contributed by atoms with van der Waals surface area (Å²) in [6, 6.07) is 10.3. The molecule has 2 aromatic heterocycles. The summed E-state index contributed by atoms with van der Waals surface area (Å²) in [6.07, 6.45) is -1.26. The van der Waals surface area contributed by atoms with Crippen LogP contribution in [-0.2, 0) is 4.74 Å². The van der Waals surface area contributed by atoms with Gasteiger partial charge in [-0.3, -0.25) is 4.79 Å². The van der Waals surface area contributed by atoms with Crippen LogP contribution in [0, 0.1) is 0 Å². The molecule has 3 heterocycles. The maximum Gasteiger partial charge on any atom is 0.235 e. The zero-order chi connectivity index (χ0) is 17.6. The predicted molar refractivity (Wildman–Crippen MR) is 92.8 cm³/mol. The molecule has 6 nitrogen and oxygen atoms in total. The number of thiophene rings is 1. The van der Waals surface area contributed by atoms with Gasteiger partial charge in [0.25, 0.3) is 0 Å². The quantitative estimate of drug-likeness (QED) is 0.663. The van der Waals surface area contributed by atoms with E-state index in [-0.39, 0.29) is 18.5 Å². The van der Waals surface area contributed by atoms with Crippen molar-refractivity contribution < 1.29 is 24.5 Å².